The van der Waals surface area contributed by atoms with Crippen LogP contribution in [0.15, 0.2) is 24.3 Å². The SMILES string of the molecule is CCC(=O)C1C(c2ccc(I)cc2)CC2CC(O)C1S2. The molecule has 5 atom stereocenters. The van der Waals surface area contributed by atoms with Crippen LogP contribution in [-0.4, -0.2) is 27.5 Å². The predicted octanol–water partition coefficient (Wildman–Crippen LogP) is 3.61. The van der Waals surface area contributed by atoms with Crippen LogP contribution in [0, 0.1) is 9.49 Å². The van der Waals surface area contributed by atoms with Gasteiger partial charge < -0.3 is 5.11 Å². The molecule has 108 valence electrons. The Morgan fingerprint density at radius 3 is 2.70 bits per heavy atom. The highest BCUT2D eigenvalue weighted by Gasteiger charge is 2.50. The maximum Gasteiger partial charge on any atom is 0.137 e. The van der Waals surface area contributed by atoms with Crippen molar-refractivity contribution in [3.05, 3.63) is 33.4 Å². The van der Waals surface area contributed by atoms with Crippen LogP contribution in [0.2, 0.25) is 0 Å². The Hall–Kier alpha value is -0.0700. The van der Waals surface area contributed by atoms with E-state index >= 15 is 0 Å². The molecule has 2 saturated heterocycles. The summed E-state index contributed by atoms with van der Waals surface area (Å²) in [4.78, 5) is 12.4. The first-order valence-corrected chi connectivity index (χ1v) is 9.24. The first-order valence-electron chi connectivity index (χ1n) is 7.22. The van der Waals surface area contributed by atoms with Gasteiger partial charge in [0.2, 0.25) is 0 Å². The summed E-state index contributed by atoms with van der Waals surface area (Å²) >= 11 is 4.15. The molecule has 2 nitrogen and oxygen atoms in total. The second-order valence-electron chi connectivity index (χ2n) is 5.77. The Kier molecular flexibility index (Phi) is 4.43. The summed E-state index contributed by atoms with van der Waals surface area (Å²) in [5, 5.41) is 10.9. The minimum absolute atomic E-state index is 0.0150. The molecule has 4 heteroatoms. The van der Waals surface area contributed by atoms with Gasteiger partial charge in [-0.3, -0.25) is 4.79 Å². The molecule has 2 bridgehead atoms. The predicted molar refractivity (Wildman–Crippen MR) is 91.1 cm³/mol. The number of Topliss-reactive ketones (excluding diaryl/α,β-unsaturated/α-hetero) is 1. The van der Waals surface area contributed by atoms with Crippen LogP contribution >= 0.6 is 34.4 Å². The molecule has 0 radical (unpaired) electrons. The Balaban J connectivity index is 1.95. The van der Waals surface area contributed by atoms with Gasteiger partial charge in [0, 0.05) is 26.4 Å². The highest BCUT2D eigenvalue weighted by atomic mass is 127. The minimum atomic E-state index is -0.306. The highest BCUT2D eigenvalue weighted by Crippen LogP contribution is 2.53. The molecule has 20 heavy (non-hydrogen) atoms. The van der Waals surface area contributed by atoms with Gasteiger partial charge in [0.25, 0.3) is 0 Å². The number of hydrogen-bond acceptors (Lipinski definition) is 3. The number of hydrogen-bond donors (Lipinski definition) is 1. The van der Waals surface area contributed by atoms with Gasteiger partial charge in [0.15, 0.2) is 0 Å². The fourth-order valence-corrected chi connectivity index (χ4v) is 5.84. The zero-order valence-corrected chi connectivity index (χ0v) is 14.4. The largest absolute Gasteiger partial charge is 0.392 e. The van der Waals surface area contributed by atoms with Crippen LogP contribution in [0.4, 0.5) is 0 Å². The molecule has 2 fully saturated rings. The number of ketones is 1. The zero-order valence-electron chi connectivity index (χ0n) is 11.5. The molecule has 0 aromatic heterocycles. The third kappa shape index (κ3) is 2.66. The lowest BCUT2D eigenvalue weighted by Crippen LogP contribution is -2.37. The van der Waals surface area contributed by atoms with Crippen LogP contribution in [0.25, 0.3) is 0 Å². The quantitative estimate of drug-likeness (QED) is 0.786. The maximum atomic E-state index is 12.4. The second-order valence-corrected chi connectivity index (χ2v) is 8.49. The van der Waals surface area contributed by atoms with Gasteiger partial charge >= 0.3 is 0 Å². The van der Waals surface area contributed by atoms with Crippen LogP contribution in [-0.2, 0) is 4.79 Å². The monoisotopic (exact) mass is 402 g/mol. The molecule has 2 aliphatic heterocycles. The number of rotatable bonds is 3. The molecule has 2 aliphatic rings. The van der Waals surface area contributed by atoms with Crippen molar-refractivity contribution >= 4 is 40.1 Å². The van der Waals surface area contributed by atoms with Gasteiger partial charge in [0.1, 0.15) is 5.78 Å². The van der Waals surface area contributed by atoms with Gasteiger partial charge in [-0.25, -0.2) is 0 Å². The number of aliphatic hydroxyl groups is 1. The van der Waals surface area contributed by atoms with Crippen LogP contribution in [0.1, 0.15) is 37.7 Å². The minimum Gasteiger partial charge on any atom is -0.392 e. The lowest BCUT2D eigenvalue weighted by atomic mass is 9.78. The van der Waals surface area contributed by atoms with Gasteiger partial charge in [-0.05, 0) is 59.0 Å². The van der Waals surface area contributed by atoms with E-state index in [4.69, 9.17) is 0 Å². The first kappa shape index (κ1) is 14.9. The summed E-state index contributed by atoms with van der Waals surface area (Å²) in [6.45, 7) is 1.94. The van der Waals surface area contributed by atoms with E-state index in [1.807, 2.05) is 18.7 Å². The number of halogens is 1. The lowest BCUT2D eigenvalue weighted by molar-refractivity contribution is -0.123. The topological polar surface area (TPSA) is 37.3 Å². The average Bonchev–Trinajstić information content (AvgIpc) is 2.74. The van der Waals surface area contributed by atoms with E-state index in [2.05, 4.69) is 46.9 Å². The van der Waals surface area contributed by atoms with Crippen molar-refractivity contribution in [1.82, 2.24) is 0 Å². The van der Waals surface area contributed by atoms with Gasteiger partial charge in [-0.2, -0.15) is 11.8 Å². The molecule has 0 aliphatic carbocycles. The number of carbonyl (C=O) groups excluding carboxylic acids is 1. The fourth-order valence-electron chi connectivity index (χ4n) is 3.60. The van der Waals surface area contributed by atoms with Crippen LogP contribution < -0.4 is 0 Å². The molecule has 0 spiro atoms. The van der Waals surface area contributed by atoms with Crippen molar-refractivity contribution in [1.29, 1.82) is 0 Å². The number of carbonyl (C=O) groups is 1. The van der Waals surface area contributed by atoms with Crippen molar-refractivity contribution < 1.29 is 9.90 Å². The summed E-state index contributed by atoms with van der Waals surface area (Å²) in [5.41, 5.74) is 1.27. The van der Waals surface area contributed by atoms with Gasteiger partial charge in [0.05, 0.1) is 6.10 Å². The summed E-state index contributed by atoms with van der Waals surface area (Å²) in [6, 6.07) is 8.54. The molecule has 1 N–H and O–H groups in total. The Labute approximate surface area is 137 Å². The third-order valence-corrected chi connectivity index (χ3v) is 6.97. The normalized spacial score (nSPS) is 36.0. The smallest absolute Gasteiger partial charge is 0.137 e. The molecule has 1 aromatic carbocycles. The molecule has 0 amide bonds. The second kappa shape index (κ2) is 5.97. The average molecular weight is 402 g/mol. The standard InChI is InChI=1S/C16H19IO2S/c1-2-13(18)15-12(9-3-5-10(17)6-4-9)7-11-8-14(19)16(15)20-11/h3-6,11-12,14-16,19H,2,7-8H2,1H3. The van der Waals surface area contributed by atoms with Crippen molar-refractivity contribution in [2.75, 3.05) is 0 Å². The number of thioether (sulfide) groups is 1. The van der Waals surface area contributed by atoms with E-state index < -0.39 is 0 Å². The number of benzene rings is 1. The van der Waals surface area contributed by atoms with Crippen molar-refractivity contribution in [2.24, 2.45) is 5.92 Å². The van der Waals surface area contributed by atoms with Crippen LogP contribution in [0.5, 0.6) is 0 Å². The molecular formula is C16H19IO2S. The van der Waals surface area contributed by atoms with Crippen molar-refractivity contribution in [3.63, 3.8) is 0 Å². The molecule has 3 rings (SSSR count). The summed E-state index contributed by atoms with van der Waals surface area (Å²) in [5.74, 6) is 0.581. The van der Waals surface area contributed by atoms with Gasteiger partial charge in [-0.15, -0.1) is 0 Å². The van der Waals surface area contributed by atoms with E-state index in [0.717, 1.165) is 12.8 Å². The maximum absolute atomic E-state index is 12.4. The highest BCUT2D eigenvalue weighted by molar-refractivity contribution is 14.1. The fraction of sp³-hybridized carbons (Fsp3) is 0.562. The van der Waals surface area contributed by atoms with Crippen molar-refractivity contribution in [3.8, 4) is 0 Å². The first-order chi connectivity index (χ1) is 9.60. The zero-order chi connectivity index (χ0) is 14.3. The molecular weight excluding hydrogens is 383 g/mol. The van der Waals surface area contributed by atoms with E-state index in [0.29, 0.717) is 17.5 Å². The summed E-state index contributed by atoms with van der Waals surface area (Å²) < 4.78 is 1.22. The number of aliphatic hydroxyl groups excluding tert-OH is 1. The molecule has 1 aromatic rings. The summed E-state index contributed by atoms with van der Waals surface area (Å²) in [6.07, 6.45) is 2.14. The number of fused-ring (bicyclic) bond motifs is 2. The Morgan fingerprint density at radius 2 is 2.05 bits per heavy atom. The Morgan fingerprint density at radius 1 is 1.35 bits per heavy atom. The third-order valence-electron chi connectivity index (χ3n) is 4.56. The van der Waals surface area contributed by atoms with Gasteiger partial charge in [-0.1, -0.05) is 19.1 Å². The molecule has 0 saturated carbocycles. The van der Waals surface area contributed by atoms with Crippen LogP contribution in [0.3, 0.4) is 0 Å². The lowest BCUT2D eigenvalue weighted by Gasteiger charge is -2.36. The van der Waals surface area contributed by atoms with E-state index in [1.165, 1.54) is 9.13 Å². The van der Waals surface area contributed by atoms with Crippen molar-refractivity contribution in [2.45, 2.75) is 48.7 Å². The van der Waals surface area contributed by atoms with E-state index in [9.17, 15) is 9.90 Å². The molecule has 5 unspecified atom stereocenters. The Bertz CT molecular complexity index is 502. The van der Waals surface area contributed by atoms with E-state index in [-0.39, 0.29) is 23.2 Å². The van der Waals surface area contributed by atoms with E-state index in [1.54, 1.807) is 0 Å². The molecule has 2 heterocycles. The summed E-state index contributed by atoms with van der Waals surface area (Å²) in [7, 11) is 0.